The van der Waals surface area contributed by atoms with E-state index in [0.717, 1.165) is 54.5 Å². The summed E-state index contributed by atoms with van der Waals surface area (Å²) in [4.78, 5) is 45.0. The van der Waals surface area contributed by atoms with Crippen LogP contribution in [0.1, 0.15) is 56.7 Å². The van der Waals surface area contributed by atoms with Crippen molar-refractivity contribution in [1.29, 1.82) is 0 Å². The lowest BCUT2D eigenvalue weighted by molar-refractivity contribution is -0.126. The molecule has 2 bridgehead atoms. The Kier molecular flexibility index (Phi) is 6.02. The van der Waals surface area contributed by atoms with Crippen molar-refractivity contribution >= 4 is 16.8 Å². The van der Waals surface area contributed by atoms with E-state index in [9.17, 15) is 27.6 Å². The van der Waals surface area contributed by atoms with Gasteiger partial charge in [-0.05, 0) is 70.3 Å². The molecule has 2 N–H and O–H groups in total. The first kappa shape index (κ1) is 24.3. The summed E-state index contributed by atoms with van der Waals surface area (Å²) < 4.78 is 42.5. The van der Waals surface area contributed by atoms with E-state index >= 15 is 0 Å². The number of fused-ring (bicyclic) bond motifs is 3. The van der Waals surface area contributed by atoms with Gasteiger partial charge in [-0.1, -0.05) is 6.07 Å². The summed E-state index contributed by atoms with van der Waals surface area (Å²) in [6.07, 6.45) is 3.73. The van der Waals surface area contributed by atoms with Gasteiger partial charge < -0.3 is 10.3 Å². The van der Waals surface area contributed by atoms with Crippen molar-refractivity contribution in [1.82, 2.24) is 19.8 Å². The summed E-state index contributed by atoms with van der Waals surface area (Å²) in [5.41, 5.74) is -1.70. The maximum absolute atomic E-state index is 14.4. The molecule has 2 aliphatic heterocycles. The van der Waals surface area contributed by atoms with Crippen LogP contribution in [-0.4, -0.2) is 39.0 Å². The van der Waals surface area contributed by atoms with E-state index in [-0.39, 0.29) is 28.4 Å². The van der Waals surface area contributed by atoms with Crippen LogP contribution in [0.25, 0.3) is 10.9 Å². The number of benzene rings is 2. The highest BCUT2D eigenvalue weighted by atomic mass is 19.1. The van der Waals surface area contributed by atoms with E-state index in [1.54, 1.807) is 6.92 Å². The van der Waals surface area contributed by atoms with Crippen LogP contribution in [0.2, 0.25) is 0 Å². The molecule has 3 heterocycles. The normalized spacial score (nSPS) is 23.2. The van der Waals surface area contributed by atoms with Crippen molar-refractivity contribution in [2.24, 2.45) is 0 Å². The highest BCUT2D eigenvalue weighted by Crippen LogP contribution is 2.49. The van der Waals surface area contributed by atoms with Gasteiger partial charge in [-0.2, -0.15) is 0 Å². The minimum Gasteiger partial charge on any atom is -0.348 e. The van der Waals surface area contributed by atoms with E-state index < -0.39 is 46.7 Å². The number of nitrogens with one attached hydrogen (secondary N) is 2. The Morgan fingerprint density at radius 3 is 2.42 bits per heavy atom. The zero-order valence-electron chi connectivity index (χ0n) is 20.0. The van der Waals surface area contributed by atoms with Crippen molar-refractivity contribution < 1.29 is 18.0 Å². The Bertz CT molecular complexity index is 1460. The fourth-order valence-electron chi connectivity index (χ4n) is 6.00. The maximum Gasteiger partial charge on any atom is 0.329 e. The highest BCUT2D eigenvalue weighted by Gasteiger charge is 2.51. The number of nitrogens with zero attached hydrogens (tertiary/aromatic N) is 2. The highest BCUT2D eigenvalue weighted by molar-refractivity contribution is 5.82. The SMILES string of the molecule is C[C@H](NC(=O)[C@H](CC12CCC(CC1)N2C)n1c(=O)[nH]c2ccc(F)cc2c1=O)c1ccc(F)cc1F. The first-order valence-electron chi connectivity index (χ1n) is 12.0. The fraction of sp³-hybridized carbons (Fsp3) is 0.423. The molecular formula is C26H27F3N4O3. The zero-order chi connectivity index (χ0) is 25.8. The van der Waals surface area contributed by atoms with Gasteiger partial charge in [-0.3, -0.25) is 14.5 Å². The molecule has 2 aromatic carbocycles. The van der Waals surface area contributed by atoms with Gasteiger partial charge in [-0.15, -0.1) is 0 Å². The molecular weight excluding hydrogens is 473 g/mol. The van der Waals surface area contributed by atoms with Gasteiger partial charge in [-0.25, -0.2) is 22.5 Å². The van der Waals surface area contributed by atoms with Gasteiger partial charge in [0.15, 0.2) is 0 Å². The molecule has 0 saturated carbocycles. The van der Waals surface area contributed by atoms with Crippen LogP contribution in [-0.2, 0) is 4.79 Å². The van der Waals surface area contributed by atoms with E-state index in [1.165, 1.54) is 12.1 Å². The van der Waals surface area contributed by atoms with Crippen molar-refractivity contribution in [2.45, 2.75) is 62.7 Å². The lowest BCUT2D eigenvalue weighted by Crippen LogP contribution is -2.50. The third-order valence-electron chi connectivity index (χ3n) is 8.05. The van der Waals surface area contributed by atoms with E-state index in [1.807, 2.05) is 7.05 Å². The van der Waals surface area contributed by atoms with Crippen molar-refractivity contribution in [3.05, 3.63) is 80.3 Å². The molecule has 190 valence electrons. The van der Waals surface area contributed by atoms with Gasteiger partial charge in [0.2, 0.25) is 5.91 Å². The van der Waals surface area contributed by atoms with Crippen LogP contribution in [0.15, 0.2) is 46.0 Å². The predicted molar refractivity (Wildman–Crippen MR) is 128 cm³/mol. The molecule has 3 aromatic rings. The summed E-state index contributed by atoms with van der Waals surface area (Å²) in [6, 6.07) is 4.83. The number of aromatic amines is 1. The maximum atomic E-state index is 14.4. The van der Waals surface area contributed by atoms with E-state index in [2.05, 4.69) is 15.2 Å². The summed E-state index contributed by atoms with van der Waals surface area (Å²) in [5, 5.41) is 2.66. The molecule has 2 aliphatic rings. The van der Waals surface area contributed by atoms with Crippen LogP contribution < -0.4 is 16.6 Å². The van der Waals surface area contributed by atoms with E-state index in [4.69, 9.17) is 0 Å². The van der Waals surface area contributed by atoms with Gasteiger partial charge in [0.25, 0.3) is 5.56 Å². The molecule has 2 fully saturated rings. The molecule has 7 nitrogen and oxygen atoms in total. The monoisotopic (exact) mass is 500 g/mol. The average Bonchev–Trinajstić information content (AvgIpc) is 3.30. The van der Waals surface area contributed by atoms with Gasteiger partial charge >= 0.3 is 5.69 Å². The molecule has 0 radical (unpaired) electrons. The molecule has 0 aliphatic carbocycles. The van der Waals surface area contributed by atoms with Crippen molar-refractivity contribution in [3.8, 4) is 0 Å². The summed E-state index contributed by atoms with van der Waals surface area (Å²) >= 11 is 0. The number of hydrogen-bond acceptors (Lipinski definition) is 4. The molecule has 2 atom stereocenters. The number of carbonyl (C=O) groups is 1. The molecule has 0 unspecified atom stereocenters. The van der Waals surface area contributed by atoms with Crippen molar-refractivity contribution in [2.75, 3.05) is 7.05 Å². The third-order valence-corrected chi connectivity index (χ3v) is 8.05. The lowest BCUT2D eigenvalue weighted by Gasteiger charge is -2.36. The second-order valence-corrected chi connectivity index (χ2v) is 9.98. The molecule has 1 amide bonds. The fourth-order valence-corrected chi connectivity index (χ4v) is 6.00. The number of carbonyl (C=O) groups excluding carboxylic acids is 1. The van der Waals surface area contributed by atoms with Crippen LogP contribution in [0, 0.1) is 17.5 Å². The minimum atomic E-state index is -1.22. The van der Waals surface area contributed by atoms with Gasteiger partial charge in [0.05, 0.1) is 16.9 Å². The third kappa shape index (κ3) is 4.03. The Labute approximate surface area is 204 Å². The molecule has 2 saturated heterocycles. The Balaban J connectivity index is 1.57. The number of halogens is 3. The topological polar surface area (TPSA) is 87.2 Å². The largest absolute Gasteiger partial charge is 0.348 e. The molecule has 10 heteroatoms. The smallest absolute Gasteiger partial charge is 0.329 e. The first-order valence-corrected chi connectivity index (χ1v) is 12.0. The summed E-state index contributed by atoms with van der Waals surface area (Å²) in [5.74, 6) is -2.85. The standard InChI is InChI=1S/C26H27F3N4O3/c1-14(18-5-3-16(28)12-20(18)29)30-23(34)22(13-26-9-7-17(8-10-26)32(26)2)33-24(35)19-11-15(27)4-6-21(19)31-25(33)36/h3-6,11-12,14,17,22H,7-10,13H2,1-2H3,(H,30,34)(H,31,36)/t14-,17?,22-,26?/m0/s1. The first-order chi connectivity index (χ1) is 17.1. The quantitative estimate of drug-likeness (QED) is 0.542. The number of rotatable bonds is 6. The van der Waals surface area contributed by atoms with E-state index in [0.29, 0.717) is 6.04 Å². The van der Waals surface area contributed by atoms with Crippen molar-refractivity contribution in [3.63, 3.8) is 0 Å². The van der Waals surface area contributed by atoms with Crippen LogP contribution in [0.4, 0.5) is 13.2 Å². The molecule has 1 aromatic heterocycles. The molecule has 36 heavy (non-hydrogen) atoms. The lowest BCUT2D eigenvalue weighted by atomic mass is 9.82. The second kappa shape index (κ2) is 8.92. The Morgan fingerprint density at radius 1 is 1.11 bits per heavy atom. The summed E-state index contributed by atoms with van der Waals surface area (Å²) in [7, 11) is 1.99. The number of H-pyrrole nitrogens is 1. The Morgan fingerprint density at radius 2 is 1.78 bits per heavy atom. The summed E-state index contributed by atoms with van der Waals surface area (Å²) in [6.45, 7) is 1.54. The van der Waals surface area contributed by atoms with Gasteiger partial charge in [0.1, 0.15) is 23.5 Å². The molecule has 5 rings (SSSR count). The second-order valence-electron chi connectivity index (χ2n) is 9.98. The van der Waals surface area contributed by atoms with Gasteiger partial charge in [0, 0.05) is 23.2 Å². The van der Waals surface area contributed by atoms with Crippen LogP contribution in [0.5, 0.6) is 0 Å². The number of aromatic nitrogens is 2. The predicted octanol–water partition coefficient (Wildman–Crippen LogP) is 3.54. The minimum absolute atomic E-state index is 0.0494. The Hall–Kier alpha value is -3.40. The average molecular weight is 501 g/mol. The van der Waals surface area contributed by atoms with Crippen LogP contribution >= 0.6 is 0 Å². The zero-order valence-corrected chi connectivity index (χ0v) is 20.0. The number of hydrogen-bond donors (Lipinski definition) is 2. The van der Waals surface area contributed by atoms with Crippen LogP contribution in [0.3, 0.4) is 0 Å². The molecule has 0 spiro atoms. The number of amides is 1.